The normalized spacial score (nSPS) is 11.3. The second-order valence-corrected chi connectivity index (χ2v) is 8.54. The van der Waals surface area contributed by atoms with E-state index in [1.807, 2.05) is 19.1 Å². The number of benzene rings is 2. The highest BCUT2D eigenvalue weighted by molar-refractivity contribution is 7.92. The number of amides is 1. The first-order valence-corrected chi connectivity index (χ1v) is 11.6. The fourth-order valence-electron chi connectivity index (χ4n) is 2.78. The Bertz CT molecular complexity index is 1280. The maximum Gasteiger partial charge on any atom is 0.266 e. The smallest absolute Gasteiger partial charge is 0.266 e. The van der Waals surface area contributed by atoms with E-state index in [9.17, 15) is 18.5 Å². The molecule has 0 spiro atoms. The molecule has 3 rings (SSSR count). The number of para-hydroxylation sites is 1. The molecule has 1 aromatic heterocycles. The van der Waals surface area contributed by atoms with Crippen LogP contribution in [0.1, 0.15) is 18.9 Å². The Morgan fingerprint density at radius 2 is 1.82 bits per heavy atom. The van der Waals surface area contributed by atoms with Crippen molar-refractivity contribution in [3.05, 3.63) is 84.1 Å². The fourth-order valence-corrected chi connectivity index (χ4v) is 3.79. The fraction of sp³-hybridized carbons (Fsp3) is 0.125. The van der Waals surface area contributed by atoms with Crippen LogP contribution in [0.5, 0.6) is 5.75 Å². The van der Waals surface area contributed by atoms with Gasteiger partial charge in [0.25, 0.3) is 15.9 Å². The van der Waals surface area contributed by atoms with Crippen LogP contribution in [-0.2, 0) is 14.8 Å². The van der Waals surface area contributed by atoms with Crippen LogP contribution in [-0.4, -0.2) is 25.9 Å². The average Bonchev–Trinajstić information content (AvgIpc) is 2.82. The van der Waals surface area contributed by atoms with Crippen LogP contribution < -0.4 is 14.8 Å². The maximum absolute atomic E-state index is 12.6. The van der Waals surface area contributed by atoms with Gasteiger partial charge in [-0.05, 0) is 55.0 Å². The number of nitriles is 1. The molecule has 0 unspecified atom stereocenters. The molecule has 1 amide bonds. The molecule has 0 saturated heterocycles. The molecule has 9 heteroatoms. The number of hydrogen-bond donors (Lipinski definition) is 2. The van der Waals surface area contributed by atoms with Crippen molar-refractivity contribution < 1.29 is 17.9 Å². The van der Waals surface area contributed by atoms with E-state index in [-0.39, 0.29) is 16.3 Å². The minimum Gasteiger partial charge on any atom is -0.493 e. The Morgan fingerprint density at radius 3 is 2.48 bits per heavy atom. The van der Waals surface area contributed by atoms with Gasteiger partial charge in [-0.1, -0.05) is 31.2 Å². The molecule has 0 radical (unpaired) electrons. The average molecular weight is 463 g/mol. The van der Waals surface area contributed by atoms with Gasteiger partial charge >= 0.3 is 0 Å². The number of hydrogen-bond acceptors (Lipinski definition) is 6. The van der Waals surface area contributed by atoms with Crippen molar-refractivity contribution in [2.24, 2.45) is 0 Å². The molecule has 168 valence electrons. The summed E-state index contributed by atoms with van der Waals surface area (Å²) in [7, 11) is -3.84. The number of nitrogens with one attached hydrogen (secondary N) is 2. The number of sulfonamides is 1. The minimum atomic E-state index is -3.84. The Kier molecular flexibility index (Phi) is 7.78. The highest BCUT2D eigenvalue weighted by atomic mass is 32.2. The summed E-state index contributed by atoms with van der Waals surface area (Å²) in [5.74, 6) is 0.154. The van der Waals surface area contributed by atoms with Gasteiger partial charge < -0.3 is 10.1 Å². The van der Waals surface area contributed by atoms with Gasteiger partial charge in [-0.15, -0.1) is 0 Å². The zero-order valence-electron chi connectivity index (χ0n) is 17.9. The predicted molar refractivity (Wildman–Crippen MR) is 126 cm³/mol. The lowest BCUT2D eigenvalue weighted by atomic mass is 10.1. The van der Waals surface area contributed by atoms with Crippen molar-refractivity contribution in [2.75, 3.05) is 16.6 Å². The number of aromatic nitrogens is 1. The third-order valence-electron chi connectivity index (χ3n) is 4.37. The number of nitrogens with zero attached hydrogens (tertiary/aromatic N) is 2. The third-order valence-corrected chi connectivity index (χ3v) is 5.74. The largest absolute Gasteiger partial charge is 0.493 e. The van der Waals surface area contributed by atoms with Crippen LogP contribution in [0.3, 0.4) is 0 Å². The van der Waals surface area contributed by atoms with Crippen molar-refractivity contribution in [3.63, 3.8) is 0 Å². The van der Waals surface area contributed by atoms with E-state index in [0.29, 0.717) is 23.6 Å². The first-order chi connectivity index (χ1) is 15.9. The van der Waals surface area contributed by atoms with Crippen molar-refractivity contribution in [3.8, 4) is 11.8 Å². The van der Waals surface area contributed by atoms with Crippen LogP contribution in [0.25, 0.3) is 6.08 Å². The molecule has 8 nitrogen and oxygen atoms in total. The Morgan fingerprint density at radius 1 is 1.09 bits per heavy atom. The van der Waals surface area contributed by atoms with Crippen molar-refractivity contribution in [2.45, 2.75) is 18.2 Å². The van der Waals surface area contributed by atoms with Crippen molar-refractivity contribution >= 4 is 33.5 Å². The molecule has 1 heterocycles. The van der Waals surface area contributed by atoms with Crippen LogP contribution in [0.15, 0.2) is 83.4 Å². The Labute approximate surface area is 192 Å². The molecule has 0 aliphatic heterocycles. The molecule has 33 heavy (non-hydrogen) atoms. The summed E-state index contributed by atoms with van der Waals surface area (Å²) in [6.07, 6.45) is 3.76. The van der Waals surface area contributed by atoms with E-state index in [0.717, 1.165) is 6.42 Å². The van der Waals surface area contributed by atoms with Crippen LogP contribution in [0.4, 0.5) is 11.5 Å². The SMILES string of the molecule is CCCOc1ccccc1/C=C(\C#N)C(=O)Nc1ccc(S(=O)(=O)Nc2ccccn2)cc1. The summed E-state index contributed by atoms with van der Waals surface area (Å²) < 4.78 is 33.0. The van der Waals surface area contributed by atoms with Gasteiger partial charge in [-0.3, -0.25) is 9.52 Å². The van der Waals surface area contributed by atoms with E-state index in [1.165, 1.54) is 42.6 Å². The molecule has 0 fully saturated rings. The standard InChI is InChI=1S/C24H22N4O4S/c1-2-15-32-22-8-4-3-7-18(22)16-19(17-25)24(29)27-20-10-12-21(13-11-20)33(30,31)28-23-9-5-6-14-26-23/h3-14,16H,2,15H2,1H3,(H,26,28)(H,27,29)/b19-16+. The van der Waals surface area contributed by atoms with E-state index >= 15 is 0 Å². The topological polar surface area (TPSA) is 121 Å². The monoisotopic (exact) mass is 462 g/mol. The van der Waals surface area contributed by atoms with Gasteiger partial charge in [0.15, 0.2) is 0 Å². The quantitative estimate of drug-likeness (QED) is 0.363. The van der Waals surface area contributed by atoms with Gasteiger partial charge in [-0.2, -0.15) is 5.26 Å². The second-order valence-electron chi connectivity index (χ2n) is 6.86. The summed E-state index contributed by atoms with van der Waals surface area (Å²) in [5, 5.41) is 12.1. The van der Waals surface area contributed by atoms with E-state index < -0.39 is 15.9 Å². The lowest BCUT2D eigenvalue weighted by Gasteiger charge is -2.10. The minimum absolute atomic E-state index is 0.00389. The first-order valence-electron chi connectivity index (χ1n) is 10.1. The van der Waals surface area contributed by atoms with E-state index in [2.05, 4.69) is 15.0 Å². The van der Waals surface area contributed by atoms with Crippen molar-refractivity contribution in [1.29, 1.82) is 5.26 Å². The number of anilines is 2. The number of carbonyl (C=O) groups excluding carboxylic acids is 1. The second kappa shape index (κ2) is 10.9. The lowest BCUT2D eigenvalue weighted by Crippen LogP contribution is -2.15. The molecular weight excluding hydrogens is 440 g/mol. The third kappa shape index (κ3) is 6.41. The zero-order chi connectivity index (χ0) is 23.7. The Hall–Kier alpha value is -4.16. The van der Waals surface area contributed by atoms with Gasteiger partial charge in [0.1, 0.15) is 23.2 Å². The number of carbonyl (C=O) groups is 1. The summed E-state index contributed by atoms with van der Waals surface area (Å²) in [6.45, 7) is 2.50. The maximum atomic E-state index is 12.6. The lowest BCUT2D eigenvalue weighted by molar-refractivity contribution is -0.112. The molecule has 2 aromatic carbocycles. The number of ether oxygens (including phenoxy) is 1. The van der Waals surface area contributed by atoms with Gasteiger partial charge in [0.05, 0.1) is 11.5 Å². The number of rotatable bonds is 9. The van der Waals surface area contributed by atoms with E-state index in [1.54, 1.807) is 30.3 Å². The van der Waals surface area contributed by atoms with Crippen molar-refractivity contribution in [1.82, 2.24) is 4.98 Å². The molecule has 3 aromatic rings. The predicted octanol–water partition coefficient (Wildman–Crippen LogP) is 4.22. The summed E-state index contributed by atoms with van der Waals surface area (Å²) in [6, 6.07) is 19.5. The molecule has 2 N–H and O–H groups in total. The van der Waals surface area contributed by atoms with Gasteiger partial charge in [0.2, 0.25) is 0 Å². The molecule has 0 aliphatic carbocycles. The molecule has 0 aliphatic rings. The molecule has 0 bridgehead atoms. The van der Waals surface area contributed by atoms with Gasteiger partial charge in [0, 0.05) is 17.4 Å². The highest BCUT2D eigenvalue weighted by Crippen LogP contribution is 2.22. The molecule has 0 atom stereocenters. The zero-order valence-corrected chi connectivity index (χ0v) is 18.7. The highest BCUT2D eigenvalue weighted by Gasteiger charge is 2.16. The van der Waals surface area contributed by atoms with Crippen LogP contribution in [0, 0.1) is 11.3 Å². The molecule has 0 saturated carbocycles. The van der Waals surface area contributed by atoms with Crippen LogP contribution in [0.2, 0.25) is 0 Å². The first kappa shape index (κ1) is 23.5. The summed E-state index contributed by atoms with van der Waals surface area (Å²) in [5.41, 5.74) is 0.837. The molecular formula is C24H22N4O4S. The number of pyridine rings is 1. The van der Waals surface area contributed by atoms with Crippen LogP contribution >= 0.6 is 0 Å². The summed E-state index contributed by atoms with van der Waals surface area (Å²) in [4.78, 5) is 16.6. The Balaban J connectivity index is 1.73. The van der Waals surface area contributed by atoms with Gasteiger partial charge in [-0.25, -0.2) is 13.4 Å². The van der Waals surface area contributed by atoms with E-state index in [4.69, 9.17) is 4.74 Å². The summed E-state index contributed by atoms with van der Waals surface area (Å²) >= 11 is 0.